The van der Waals surface area contributed by atoms with E-state index in [1.165, 1.54) is 18.2 Å². The van der Waals surface area contributed by atoms with Crippen LogP contribution in [-0.2, 0) is 9.53 Å². The Morgan fingerprint density at radius 3 is 2.50 bits per heavy atom. The Morgan fingerprint density at radius 1 is 1.27 bits per heavy atom. The number of esters is 1. The first-order chi connectivity index (χ1) is 10.2. The predicted molar refractivity (Wildman–Crippen MR) is 82.2 cm³/mol. The molecule has 6 heteroatoms. The van der Waals surface area contributed by atoms with Crippen LogP contribution in [0.2, 0.25) is 0 Å². The van der Waals surface area contributed by atoms with Crippen LogP contribution in [0, 0.1) is 0 Å². The van der Waals surface area contributed by atoms with Crippen LogP contribution in [0.4, 0.5) is 10.5 Å². The lowest BCUT2D eigenvalue weighted by molar-refractivity contribution is -0.134. The zero-order valence-electron chi connectivity index (χ0n) is 13.3. The van der Waals surface area contributed by atoms with Gasteiger partial charge < -0.3 is 9.47 Å². The molecule has 1 amide bonds. The van der Waals surface area contributed by atoms with Gasteiger partial charge in [0.05, 0.1) is 5.56 Å². The molecule has 0 aromatic heterocycles. The van der Waals surface area contributed by atoms with Crippen molar-refractivity contribution in [3.05, 3.63) is 23.8 Å². The van der Waals surface area contributed by atoms with Gasteiger partial charge in [-0.2, -0.15) is 0 Å². The van der Waals surface area contributed by atoms with Crippen molar-refractivity contribution < 1.29 is 23.9 Å². The van der Waals surface area contributed by atoms with E-state index in [4.69, 9.17) is 9.47 Å². The second kappa shape index (κ2) is 7.59. The fraction of sp³-hybridized carbons (Fsp3) is 0.438. The maximum atomic E-state index is 11.7. The molecule has 0 saturated carbocycles. The Labute approximate surface area is 129 Å². The maximum absolute atomic E-state index is 11.7. The largest absolute Gasteiger partial charge is 0.444 e. The molecule has 22 heavy (non-hydrogen) atoms. The van der Waals surface area contributed by atoms with E-state index in [1.807, 2.05) is 6.92 Å². The third-order valence-electron chi connectivity index (χ3n) is 2.46. The number of carbonyl (C=O) groups excluding carboxylic acids is 3. The molecule has 0 bridgehead atoms. The highest BCUT2D eigenvalue weighted by Crippen LogP contribution is 2.22. The van der Waals surface area contributed by atoms with Crippen LogP contribution in [0.3, 0.4) is 0 Å². The molecule has 0 aliphatic heterocycles. The summed E-state index contributed by atoms with van der Waals surface area (Å²) in [5.41, 5.74) is -0.0580. The standard InChI is InChI=1S/C16H21NO5/c1-5-6-14(19)21-13-8-7-12(9-11(13)10-18)17-15(20)22-16(2,3)4/h7-10H,5-6H2,1-4H3,(H,17,20). The Morgan fingerprint density at radius 2 is 1.95 bits per heavy atom. The molecule has 6 nitrogen and oxygen atoms in total. The SMILES string of the molecule is CCCC(=O)Oc1ccc(NC(=O)OC(C)(C)C)cc1C=O. The van der Waals surface area contributed by atoms with E-state index < -0.39 is 17.7 Å². The van der Waals surface area contributed by atoms with E-state index in [9.17, 15) is 14.4 Å². The quantitative estimate of drug-likeness (QED) is 0.511. The average molecular weight is 307 g/mol. The third kappa shape index (κ3) is 5.95. The van der Waals surface area contributed by atoms with Crippen molar-refractivity contribution in [3.63, 3.8) is 0 Å². The number of amides is 1. The van der Waals surface area contributed by atoms with Crippen LogP contribution in [0.15, 0.2) is 18.2 Å². The van der Waals surface area contributed by atoms with Crippen LogP contribution < -0.4 is 10.1 Å². The summed E-state index contributed by atoms with van der Waals surface area (Å²) in [6, 6.07) is 4.42. The molecule has 0 atom stereocenters. The molecule has 120 valence electrons. The molecule has 0 fully saturated rings. The molecule has 0 radical (unpaired) electrons. The molecule has 1 aromatic carbocycles. The summed E-state index contributed by atoms with van der Waals surface area (Å²) in [7, 11) is 0. The number of hydrogen-bond donors (Lipinski definition) is 1. The number of anilines is 1. The number of benzene rings is 1. The second-order valence-electron chi connectivity index (χ2n) is 5.72. The van der Waals surface area contributed by atoms with E-state index in [2.05, 4.69) is 5.32 Å². The van der Waals surface area contributed by atoms with Crippen molar-refractivity contribution >= 4 is 24.0 Å². The number of rotatable bonds is 5. The zero-order valence-corrected chi connectivity index (χ0v) is 13.3. The highest BCUT2D eigenvalue weighted by molar-refractivity contribution is 5.89. The topological polar surface area (TPSA) is 81.7 Å². The summed E-state index contributed by atoms with van der Waals surface area (Å²) in [5.74, 6) is -0.235. The van der Waals surface area contributed by atoms with Crippen molar-refractivity contribution in [3.8, 4) is 5.75 Å². The van der Waals surface area contributed by atoms with E-state index in [0.29, 0.717) is 18.4 Å². The van der Waals surface area contributed by atoms with Gasteiger partial charge in [0, 0.05) is 12.1 Å². The van der Waals surface area contributed by atoms with Crippen molar-refractivity contribution in [1.82, 2.24) is 0 Å². The average Bonchev–Trinajstić information content (AvgIpc) is 2.38. The first-order valence-corrected chi connectivity index (χ1v) is 7.05. The summed E-state index contributed by atoms with van der Waals surface area (Å²) >= 11 is 0. The van der Waals surface area contributed by atoms with Gasteiger partial charge in [0.1, 0.15) is 11.4 Å². The van der Waals surface area contributed by atoms with Crippen LogP contribution >= 0.6 is 0 Å². The van der Waals surface area contributed by atoms with Crippen LogP contribution in [0.25, 0.3) is 0 Å². The number of nitrogens with one attached hydrogen (secondary N) is 1. The normalized spacial score (nSPS) is 10.7. The third-order valence-corrected chi connectivity index (χ3v) is 2.46. The lowest BCUT2D eigenvalue weighted by Gasteiger charge is -2.19. The summed E-state index contributed by atoms with van der Waals surface area (Å²) < 4.78 is 10.2. The summed E-state index contributed by atoms with van der Waals surface area (Å²) in [6.45, 7) is 7.11. The van der Waals surface area contributed by atoms with E-state index in [-0.39, 0.29) is 17.7 Å². The molecule has 0 aliphatic carbocycles. The van der Waals surface area contributed by atoms with Crippen molar-refractivity contribution in [2.75, 3.05) is 5.32 Å². The first kappa shape index (κ1) is 17.7. The van der Waals surface area contributed by atoms with Gasteiger partial charge in [-0.25, -0.2) is 4.79 Å². The lowest BCUT2D eigenvalue weighted by atomic mass is 10.2. The van der Waals surface area contributed by atoms with E-state index >= 15 is 0 Å². The van der Waals surface area contributed by atoms with Crippen LogP contribution in [0.5, 0.6) is 5.75 Å². The van der Waals surface area contributed by atoms with Gasteiger partial charge in [0.15, 0.2) is 6.29 Å². The molecule has 0 unspecified atom stereocenters. The Bertz CT molecular complexity index is 560. The first-order valence-electron chi connectivity index (χ1n) is 7.05. The molecule has 1 N–H and O–H groups in total. The number of ether oxygens (including phenoxy) is 2. The van der Waals surface area contributed by atoms with Gasteiger partial charge in [-0.05, 0) is 45.4 Å². The minimum absolute atomic E-state index is 0.170. The van der Waals surface area contributed by atoms with Gasteiger partial charge in [-0.3, -0.25) is 14.9 Å². The monoisotopic (exact) mass is 307 g/mol. The summed E-state index contributed by atoms with van der Waals surface area (Å²) in [5, 5.41) is 2.52. The molecule has 0 aliphatic rings. The molecule has 1 rings (SSSR count). The lowest BCUT2D eigenvalue weighted by Crippen LogP contribution is -2.27. The van der Waals surface area contributed by atoms with E-state index in [1.54, 1.807) is 20.8 Å². The van der Waals surface area contributed by atoms with E-state index in [0.717, 1.165) is 0 Å². The Hall–Kier alpha value is -2.37. The maximum Gasteiger partial charge on any atom is 0.412 e. The molecular formula is C16H21NO5. The number of aldehydes is 1. The minimum atomic E-state index is -0.625. The Balaban J connectivity index is 2.82. The van der Waals surface area contributed by atoms with Crippen molar-refractivity contribution in [1.29, 1.82) is 0 Å². The van der Waals surface area contributed by atoms with Crippen LogP contribution in [-0.4, -0.2) is 23.9 Å². The fourth-order valence-corrected chi connectivity index (χ4v) is 1.61. The van der Waals surface area contributed by atoms with Crippen molar-refractivity contribution in [2.45, 2.75) is 46.1 Å². The summed E-state index contributed by atoms with van der Waals surface area (Å²) in [6.07, 6.45) is 0.874. The molecule has 0 spiro atoms. The number of carbonyl (C=O) groups is 3. The Kier molecular flexibility index (Phi) is 6.10. The van der Waals surface area contributed by atoms with Gasteiger partial charge in [-0.15, -0.1) is 0 Å². The summed E-state index contributed by atoms with van der Waals surface area (Å²) in [4.78, 5) is 34.2. The molecule has 0 saturated heterocycles. The smallest absolute Gasteiger partial charge is 0.412 e. The fourth-order valence-electron chi connectivity index (χ4n) is 1.61. The van der Waals surface area contributed by atoms with Gasteiger partial charge in [0.25, 0.3) is 0 Å². The predicted octanol–water partition coefficient (Wildman–Crippen LogP) is 3.55. The van der Waals surface area contributed by atoms with Crippen LogP contribution in [0.1, 0.15) is 50.9 Å². The molecule has 0 heterocycles. The second-order valence-corrected chi connectivity index (χ2v) is 5.72. The van der Waals surface area contributed by atoms with Gasteiger partial charge >= 0.3 is 12.1 Å². The minimum Gasteiger partial charge on any atom is -0.444 e. The zero-order chi connectivity index (χ0) is 16.8. The molecular weight excluding hydrogens is 286 g/mol. The molecule has 1 aromatic rings. The number of hydrogen-bond acceptors (Lipinski definition) is 5. The van der Waals surface area contributed by atoms with Gasteiger partial charge in [0.2, 0.25) is 0 Å². The highest BCUT2D eigenvalue weighted by atomic mass is 16.6. The highest BCUT2D eigenvalue weighted by Gasteiger charge is 2.17. The van der Waals surface area contributed by atoms with Gasteiger partial charge in [-0.1, -0.05) is 6.92 Å². The van der Waals surface area contributed by atoms with Crippen molar-refractivity contribution in [2.24, 2.45) is 0 Å².